The summed E-state index contributed by atoms with van der Waals surface area (Å²) in [6.07, 6.45) is 0.219. The van der Waals surface area contributed by atoms with Crippen LogP contribution >= 0.6 is 0 Å². The van der Waals surface area contributed by atoms with E-state index in [1.54, 1.807) is 0 Å². The van der Waals surface area contributed by atoms with Crippen LogP contribution in [0.4, 0.5) is 0 Å². The van der Waals surface area contributed by atoms with Gasteiger partial charge in [0, 0.05) is 13.5 Å². The molecule has 0 bridgehead atoms. The minimum absolute atomic E-state index is 0.0912. The van der Waals surface area contributed by atoms with Crippen LogP contribution in [-0.4, -0.2) is 11.8 Å². The summed E-state index contributed by atoms with van der Waals surface area (Å²) in [4.78, 5) is 23.5. The van der Waals surface area contributed by atoms with Crippen molar-refractivity contribution in [3.63, 3.8) is 0 Å². The van der Waals surface area contributed by atoms with Crippen LogP contribution in [0.5, 0.6) is 0 Å². The van der Waals surface area contributed by atoms with Crippen molar-refractivity contribution in [1.82, 2.24) is 10.6 Å². The summed E-state index contributed by atoms with van der Waals surface area (Å²) in [5, 5.41) is 5.71. The van der Waals surface area contributed by atoms with E-state index in [0.29, 0.717) is 6.54 Å². The number of amides is 2. The molecule has 22 heavy (non-hydrogen) atoms. The summed E-state index contributed by atoms with van der Waals surface area (Å²) in [5.41, 5.74) is 1.97. The van der Waals surface area contributed by atoms with Crippen molar-refractivity contribution in [2.75, 3.05) is 0 Å². The van der Waals surface area contributed by atoms with Crippen LogP contribution in [0.1, 0.15) is 30.5 Å². The molecule has 2 aromatic carbocycles. The number of carbonyl (C=O) groups is 2. The number of hydrogen-bond acceptors (Lipinski definition) is 2. The number of nitrogens with one attached hydrogen (secondary N) is 2. The molecule has 0 unspecified atom stereocenters. The molecule has 114 valence electrons. The number of rotatable bonds is 6. The van der Waals surface area contributed by atoms with Gasteiger partial charge in [-0.1, -0.05) is 60.7 Å². The first kappa shape index (κ1) is 15.8. The van der Waals surface area contributed by atoms with Crippen molar-refractivity contribution < 1.29 is 9.59 Å². The predicted octanol–water partition coefficient (Wildman–Crippen LogP) is 2.57. The highest BCUT2D eigenvalue weighted by Crippen LogP contribution is 2.16. The summed E-state index contributed by atoms with van der Waals surface area (Å²) in [6, 6.07) is 18.9. The van der Waals surface area contributed by atoms with Gasteiger partial charge in [-0.15, -0.1) is 0 Å². The molecule has 1 atom stereocenters. The van der Waals surface area contributed by atoms with E-state index < -0.39 is 0 Å². The lowest BCUT2D eigenvalue weighted by atomic mass is 10.0. The fourth-order valence-corrected chi connectivity index (χ4v) is 2.24. The van der Waals surface area contributed by atoms with Gasteiger partial charge in [0.2, 0.25) is 11.8 Å². The van der Waals surface area contributed by atoms with Crippen LogP contribution in [0.25, 0.3) is 0 Å². The molecule has 2 amide bonds. The van der Waals surface area contributed by atoms with Crippen molar-refractivity contribution in [2.45, 2.75) is 25.9 Å². The van der Waals surface area contributed by atoms with E-state index in [1.807, 2.05) is 60.7 Å². The van der Waals surface area contributed by atoms with E-state index in [9.17, 15) is 9.59 Å². The average molecular weight is 296 g/mol. The summed E-state index contributed by atoms with van der Waals surface area (Å²) in [7, 11) is 0. The minimum Gasteiger partial charge on any atom is -0.352 e. The van der Waals surface area contributed by atoms with Gasteiger partial charge in [-0.25, -0.2) is 0 Å². The zero-order chi connectivity index (χ0) is 15.8. The Labute approximate surface area is 130 Å². The summed E-state index contributed by atoms with van der Waals surface area (Å²) in [6.45, 7) is 1.94. The standard InChI is InChI=1S/C18H20N2O2/c1-14(21)20-17(16-10-6-3-7-11-16)12-18(22)19-13-15-8-4-2-5-9-15/h2-11,17H,12-13H2,1H3,(H,19,22)(H,20,21)/t17-/m0/s1. The minimum atomic E-state index is -0.311. The SMILES string of the molecule is CC(=O)N[C@@H](CC(=O)NCc1ccccc1)c1ccccc1. The van der Waals surface area contributed by atoms with Crippen LogP contribution in [0.15, 0.2) is 60.7 Å². The van der Waals surface area contributed by atoms with Crippen LogP contribution in [0.3, 0.4) is 0 Å². The maximum Gasteiger partial charge on any atom is 0.222 e. The molecule has 0 spiro atoms. The Morgan fingerprint density at radius 2 is 1.55 bits per heavy atom. The van der Waals surface area contributed by atoms with Crippen molar-refractivity contribution in [3.05, 3.63) is 71.8 Å². The van der Waals surface area contributed by atoms with Crippen LogP contribution in [-0.2, 0) is 16.1 Å². The van der Waals surface area contributed by atoms with Gasteiger partial charge in [-0.05, 0) is 11.1 Å². The van der Waals surface area contributed by atoms with E-state index >= 15 is 0 Å². The van der Waals surface area contributed by atoms with Gasteiger partial charge < -0.3 is 10.6 Å². The zero-order valence-corrected chi connectivity index (χ0v) is 12.6. The van der Waals surface area contributed by atoms with Crippen LogP contribution < -0.4 is 10.6 Å². The molecule has 0 saturated heterocycles. The second-order valence-corrected chi connectivity index (χ2v) is 5.13. The van der Waals surface area contributed by atoms with Crippen molar-refractivity contribution in [3.8, 4) is 0 Å². The van der Waals surface area contributed by atoms with E-state index in [-0.39, 0.29) is 24.3 Å². The van der Waals surface area contributed by atoms with Gasteiger partial charge in [0.25, 0.3) is 0 Å². The largest absolute Gasteiger partial charge is 0.352 e. The van der Waals surface area contributed by atoms with E-state index in [0.717, 1.165) is 11.1 Å². The second-order valence-electron chi connectivity index (χ2n) is 5.13. The normalized spacial score (nSPS) is 11.5. The lowest BCUT2D eigenvalue weighted by molar-refractivity contribution is -0.122. The van der Waals surface area contributed by atoms with Gasteiger partial charge in [0.15, 0.2) is 0 Å². The van der Waals surface area contributed by atoms with Crippen molar-refractivity contribution >= 4 is 11.8 Å². The second kappa shape index (κ2) is 7.98. The molecular weight excluding hydrogens is 276 g/mol. The quantitative estimate of drug-likeness (QED) is 0.860. The van der Waals surface area contributed by atoms with Crippen LogP contribution in [0.2, 0.25) is 0 Å². The fraction of sp³-hybridized carbons (Fsp3) is 0.222. The van der Waals surface area contributed by atoms with E-state index in [4.69, 9.17) is 0 Å². The molecule has 0 fully saturated rings. The average Bonchev–Trinajstić information content (AvgIpc) is 2.54. The molecule has 4 heteroatoms. The Morgan fingerprint density at radius 1 is 0.955 bits per heavy atom. The topological polar surface area (TPSA) is 58.2 Å². The highest BCUT2D eigenvalue weighted by atomic mass is 16.2. The third-order valence-corrected chi connectivity index (χ3v) is 3.30. The monoisotopic (exact) mass is 296 g/mol. The molecule has 0 aliphatic carbocycles. The van der Waals surface area contributed by atoms with Gasteiger partial charge in [-0.3, -0.25) is 9.59 Å². The smallest absolute Gasteiger partial charge is 0.222 e. The molecular formula is C18H20N2O2. The number of benzene rings is 2. The van der Waals surface area contributed by atoms with Crippen molar-refractivity contribution in [1.29, 1.82) is 0 Å². The van der Waals surface area contributed by atoms with Crippen LogP contribution in [0, 0.1) is 0 Å². The summed E-state index contributed by atoms with van der Waals surface area (Å²) < 4.78 is 0. The Hall–Kier alpha value is -2.62. The van der Waals surface area contributed by atoms with Gasteiger partial charge in [0.05, 0.1) is 12.5 Å². The third kappa shape index (κ3) is 5.05. The van der Waals surface area contributed by atoms with Gasteiger partial charge in [-0.2, -0.15) is 0 Å². The van der Waals surface area contributed by atoms with Gasteiger partial charge >= 0.3 is 0 Å². The van der Waals surface area contributed by atoms with Gasteiger partial charge in [0.1, 0.15) is 0 Å². The molecule has 2 N–H and O–H groups in total. The molecule has 0 aromatic heterocycles. The third-order valence-electron chi connectivity index (χ3n) is 3.30. The molecule has 2 rings (SSSR count). The zero-order valence-electron chi connectivity index (χ0n) is 12.6. The molecule has 0 saturated carbocycles. The first-order chi connectivity index (χ1) is 10.6. The number of hydrogen-bond donors (Lipinski definition) is 2. The molecule has 2 aromatic rings. The molecule has 0 heterocycles. The Balaban J connectivity index is 1.95. The highest BCUT2D eigenvalue weighted by molar-refractivity contribution is 5.79. The Bertz CT molecular complexity index is 611. The highest BCUT2D eigenvalue weighted by Gasteiger charge is 2.16. The maximum atomic E-state index is 12.1. The summed E-state index contributed by atoms with van der Waals surface area (Å²) >= 11 is 0. The lowest BCUT2D eigenvalue weighted by Crippen LogP contribution is -2.32. The van der Waals surface area contributed by atoms with Crippen molar-refractivity contribution in [2.24, 2.45) is 0 Å². The van der Waals surface area contributed by atoms with E-state index in [2.05, 4.69) is 10.6 Å². The molecule has 4 nitrogen and oxygen atoms in total. The molecule has 0 aliphatic rings. The number of carbonyl (C=O) groups excluding carboxylic acids is 2. The van der Waals surface area contributed by atoms with E-state index in [1.165, 1.54) is 6.92 Å². The first-order valence-electron chi connectivity index (χ1n) is 7.28. The molecule has 0 radical (unpaired) electrons. The Kier molecular flexibility index (Phi) is 5.72. The fourth-order valence-electron chi connectivity index (χ4n) is 2.24. The first-order valence-corrected chi connectivity index (χ1v) is 7.28. The lowest BCUT2D eigenvalue weighted by Gasteiger charge is -2.18. The predicted molar refractivity (Wildman–Crippen MR) is 85.9 cm³/mol. The maximum absolute atomic E-state index is 12.1. The summed E-state index contributed by atoms with van der Waals surface area (Å²) in [5.74, 6) is -0.240. The Morgan fingerprint density at radius 3 is 2.14 bits per heavy atom. The molecule has 0 aliphatic heterocycles.